The van der Waals surface area contributed by atoms with E-state index < -0.39 is 10.0 Å². The van der Waals surface area contributed by atoms with E-state index in [1.165, 1.54) is 0 Å². The summed E-state index contributed by atoms with van der Waals surface area (Å²) in [6.07, 6.45) is 7.44. The lowest BCUT2D eigenvalue weighted by atomic mass is 9.60. The molecule has 0 radical (unpaired) electrons. The first-order valence-electron chi connectivity index (χ1n) is 8.68. The predicted octanol–water partition coefficient (Wildman–Crippen LogP) is 2.20. The number of hydrogen-bond acceptors (Lipinski definition) is 5. The fraction of sp³-hybridized carbons (Fsp3) is 0.444. The van der Waals surface area contributed by atoms with E-state index in [1.54, 1.807) is 36.7 Å². The summed E-state index contributed by atoms with van der Waals surface area (Å²) in [6, 6.07) is 10.5. The molecule has 1 aliphatic carbocycles. The fourth-order valence-electron chi connectivity index (χ4n) is 3.94. The summed E-state index contributed by atoms with van der Waals surface area (Å²) in [5.41, 5.74) is 0.0765. The Bertz CT molecular complexity index is 819. The highest BCUT2D eigenvalue weighted by Gasteiger charge is 2.49. The van der Waals surface area contributed by atoms with Gasteiger partial charge in [-0.1, -0.05) is 18.2 Å². The summed E-state index contributed by atoms with van der Waals surface area (Å²) >= 11 is 0. The predicted molar refractivity (Wildman–Crippen MR) is 95.7 cm³/mol. The Hall–Kier alpha value is -1.99. The lowest BCUT2D eigenvalue weighted by Crippen LogP contribution is -2.59. The van der Waals surface area contributed by atoms with E-state index in [-0.39, 0.29) is 11.5 Å². The number of hydrogen-bond donors (Lipinski definition) is 1. The lowest BCUT2D eigenvalue weighted by molar-refractivity contribution is 0.0506. The van der Waals surface area contributed by atoms with Gasteiger partial charge in [0.1, 0.15) is 0 Å². The van der Waals surface area contributed by atoms with Crippen molar-refractivity contribution in [2.24, 2.45) is 5.41 Å². The number of piperidine rings is 1. The van der Waals surface area contributed by atoms with Crippen molar-refractivity contribution in [3.63, 3.8) is 0 Å². The molecule has 1 aromatic carbocycles. The Morgan fingerprint density at radius 2 is 1.68 bits per heavy atom. The number of aromatic nitrogens is 2. The molecule has 2 fully saturated rings. The van der Waals surface area contributed by atoms with Crippen molar-refractivity contribution in [2.75, 3.05) is 18.0 Å². The highest BCUT2D eigenvalue weighted by molar-refractivity contribution is 7.89. The van der Waals surface area contributed by atoms with Gasteiger partial charge in [-0.2, -0.15) is 0 Å². The standard InChI is InChI=1S/C18H22N4O2S/c23-25(24,15-5-2-1-3-6-15)21-16-7-8-18(16)9-13-22(14-10-18)17-19-11-4-12-20-17/h1-6,11-12,16,21H,7-10,13-14H2. The highest BCUT2D eigenvalue weighted by Crippen LogP contribution is 2.49. The van der Waals surface area contributed by atoms with Crippen LogP contribution in [0.2, 0.25) is 0 Å². The molecule has 2 aromatic rings. The first kappa shape index (κ1) is 16.5. The van der Waals surface area contributed by atoms with Crippen molar-refractivity contribution >= 4 is 16.0 Å². The van der Waals surface area contributed by atoms with Gasteiger partial charge in [0.2, 0.25) is 16.0 Å². The molecule has 25 heavy (non-hydrogen) atoms. The molecule has 2 heterocycles. The molecule has 0 bridgehead atoms. The quantitative estimate of drug-likeness (QED) is 0.907. The maximum Gasteiger partial charge on any atom is 0.240 e. The third-order valence-electron chi connectivity index (χ3n) is 5.62. The molecular formula is C18H22N4O2S. The van der Waals surface area contributed by atoms with Gasteiger partial charge in [-0.15, -0.1) is 0 Å². The van der Waals surface area contributed by atoms with E-state index in [0.29, 0.717) is 4.90 Å². The van der Waals surface area contributed by atoms with Crippen molar-refractivity contribution in [3.05, 3.63) is 48.8 Å². The summed E-state index contributed by atoms with van der Waals surface area (Å²) in [6.45, 7) is 1.74. The van der Waals surface area contributed by atoms with Crippen molar-refractivity contribution in [3.8, 4) is 0 Å². The third-order valence-corrected chi connectivity index (χ3v) is 7.10. The van der Waals surface area contributed by atoms with Crippen LogP contribution in [0, 0.1) is 5.41 Å². The molecule has 0 amide bonds. The van der Waals surface area contributed by atoms with E-state index in [2.05, 4.69) is 19.6 Å². The van der Waals surface area contributed by atoms with Gasteiger partial charge in [0.05, 0.1) is 4.90 Å². The van der Waals surface area contributed by atoms with Crippen molar-refractivity contribution in [1.82, 2.24) is 14.7 Å². The minimum Gasteiger partial charge on any atom is -0.341 e. The SMILES string of the molecule is O=S(=O)(NC1CCC12CCN(c1ncccn1)CC2)c1ccccc1. The van der Waals surface area contributed by atoms with Gasteiger partial charge in [-0.25, -0.2) is 23.1 Å². The van der Waals surface area contributed by atoms with Crippen LogP contribution in [-0.2, 0) is 10.0 Å². The van der Waals surface area contributed by atoms with E-state index in [4.69, 9.17) is 0 Å². The van der Waals surface area contributed by atoms with Crippen LogP contribution in [0.1, 0.15) is 25.7 Å². The van der Waals surface area contributed by atoms with E-state index in [0.717, 1.165) is 44.7 Å². The second-order valence-corrected chi connectivity index (χ2v) is 8.64. The smallest absolute Gasteiger partial charge is 0.240 e. The van der Waals surface area contributed by atoms with Gasteiger partial charge in [-0.3, -0.25) is 0 Å². The van der Waals surface area contributed by atoms with Gasteiger partial charge in [-0.05, 0) is 49.3 Å². The molecule has 1 aromatic heterocycles. The average Bonchev–Trinajstić information content (AvgIpc) is 2.67. The monoisotopic (exact) mass is 358 g/mol. The summed E-state index contributed by atoms with van der Waals surface area (Å²) in [5, 5.41) is 0. The molecular weight excluding hydrogens is 336 g/mol. The van der Waals surface area contributed by atoms with Crippen LogP contribution < -0.4 is 9.62 Å². The van der Waals surface area contributed by atoms with Crippen molar-refractivity contribution < 1.29 is 8.42 Å². The molecule has 1 saturated heterocycles. The van der Waals surface area contributed by atoms with Gasteiger partial charge in [0.15, 0.2) is 0 Å². The Balaban J connectivity index is 1.43. The largest absolute Gasteiger partial charge is 0.341 e. The molecule has 4 rings (SSSR count). The second-order valence-electron chi connectivity index (χ2n) is 6.92. The minimum absolute atomic E-state index is 0.0246. The van der Waals surface area contributed by atoms with Gasteiger partial charge >= 0.3 is 0 Å². The maximum atomic E-state index is 12.6. The summed E-state index contributed by atoms with van der Waals surface area (Å²) in [4.78, 5) is 11.2. The van der Waals surface area contributed by atoms with Crippen LogP contribution in [0.3, 0.4) is 0 Å². The van der Waals surface area contributed by atoms with Crippen LogP contribution in [0.25, 0.3) is 0 Å². The van der Waals surface area contributed by atoms with Gasteiger partial charge in [0.25, 0.3) is 0 Å². The van der Waals surface area contributed by atoms with Crippen LogP contribution in [0.4, 0.5) is 5.95 Å². The van der Waals surface area contributed by atoms with Crippen molar-refractivity contribution in [1.29, 1.82) is 0 Å². The minimum atomic E-state index is -3.45. The normalized spacial score (nSPS) is 22.6. The number of nitrogens with one attached hydrogen (secondary N) is 1. The maximum absolute atomic E-state index is 12.6. The Kier molecular flexibility index (Phi) is 4.21. The van der Waals surface area contributed by atoms with Crippen LogP contribution in [0.5, 0.6) is 0 Å². The zero-order valence-corrected chi connectivity index (χ0v) is 14.8. The second kappa shape index (κ2) is 6.38. The first-order chi connectivity index (χ1) is 12.1. The summed E-state index contributed by atoms with van der Waals surface area (Å²) < 4.78 is 28.2. The number of anilines is 1. The molecule has 132 valence electrons. The van der Waals surface area contributed by atoms with Crippen molar-refractivity contribution in [2.45, 2.75) is 36.6 Å². The molecule has 1 N–H and O–H groups in total. The third kappa shape index (κ3) is 3.14. The number of benzene rings is 1. The zero-order chi connectivity index (χ0) is 17.3. The highest BCUT2D eigenvalue weighted by atomic mass is 32.2. The summed E-state index contributed by atoms with van der Waals surface area (Å²) in [5.74, 6) is 0.762. The number of rotatable bonds is 4. The van der Waals surface area contributed by atoms with E-state index in [9.17, 15) is 8.42 Å². The Morgan fingerprint density at radius 1 is 1.00 bits per heavy atom. The van der Waals surface area contributed by atoms with Gasteiger partial charge < -0.3 is 4.90 Å². The molecule has 1 atom stereocenters. The molecule has 1 unspecified atom stereocenters. The van der Waals surface area contributed by atoms with E-state index in [1.807, 2.05) is 12.1 Å². The molecule has 1 aliphatic heterocycles. The molecule has 6 nitrogen and oxygen atoms in total. The summed E-state index contributed by atoms with van der Waals surface area (Å²) in [7, 11) is -3.45. The lowest BCUT2D eigenvalue weighted by Gasteiger charge is -2.53. The molecule has 1 spiro atoms. The number of sulfonamides is 1. The Morgan fingerprint density at radius 3 is 2.28 bits per heavy atom. The topological polar surface area (TPSA) is 75.2 Å². The van der Waals surface area contributed by atoms with Crippen LogP contribution >= 0.6 is 0 Å². The molecule has 2 aliphatic rings. The zero-order valence-electron chi connectivity index (χ0n) is 14.0. The van der Waals surface area contributed by atoms with E-state index >= 15 is 0 Å². The fourth-order valence-corrected chi connectivity index (χ4v) is 5.33. The van der Waals surface area contributed by atoms with Crippen LogP contribution in [-0.4, -0.2) is 37.5 Å². The van der Waals surface area contributed by atoms with Crippen LogP contribution in [0.15, 0.2) is 53.7 Å². The molecule has 7 heteroatoms. The molecule has 1 saturated carbocycles. The number of nitrogens with zero attached hydrogens (tertiary/aromatic N) is 3. The first-order valence-corrected chi connectivity index (χ1v) is 10.2. The Labute approximate surface area is 148 Å². The average molecular weight is 358 g/mol. The van der Waals surface area contributed by atoms with Gasteiger partial charge in [0, 0.05) is 31.5 Å².